The van der Waals surface area contributed by atoms with Crippen LogP contribution in [0.15, 0.2) is 30.3 Å². The standard InChI is InChI=1S/C19H27N3O2S/c1-13(2)17(23)21-15-9-11-16(12-10-15)22(19(25)20-3)18(24)14-7-5-4-6-8-14/h4-8,13,15-16H,9-12H2,1-3H3,(H,20,25)(H,21,23). The number of amides is 2. The molecule has 0 spiro atoms. The summed E-state index contributed by atoms with van der Waals surface area (Å²) in [6.45, 7) is 3.79. The van der Waals surface area contributed by atoms with Crippen LogP contribution in [0, 0.1) is 5.92 Å². The molecule has 25 heavy (non-hydrogen) atoms. The average molecular weight is 362 g/mol. The van der Waals surface area contributed by atoms with Crippen molar-refractivity contribution >= 4 is 29.1 Å². The van der Waals surface area contributed by atoms with Crippen LogP contribution < -0.4 is 10.6 Å². The van der Waals surface area contributed by atoms with Gasteiger partial charge in [0.25, 0.3) is 5.91 Å². The van der Waals surface area contributed by atoms with Gasteiger partial charge in [0.2, 0.25) is 5.91 Å². The van der Waals surface area contributed by atoms with Crippen LogP contribution in [0.3, 0.4) is 0 Å². The van der Waals surface area contributed by atoms with Crippen molar-refractivity contribution in [3.05, 3.63) is 35.9 Å². The van der Waals surface area contributed by atoms with E-state index < -0.39 is 0 Å². The number of nitrogens with one attached hydrogen (secondary N) is 2. The lowest BCUT2D eigenvalue weighted by atomic mass is 9.89. The van der Waals surface area contributed by atoms with Gasteiger partial charge >= 0.3 is 0 Å². The predicted octanol–water partition coefficient (Wildman–Crippen LogP) is 2.72. The maximum atomic E-state index is 12.9. The van der Waals surface area contributed by atoms with Crippen molar-refractivity contribution in [3.8, 4) is 0 Å². The van der Waals surface area contributed by atoms with E-state index in [2.05, 4.69) is 10.6 Å². The van der Waals surface area contributed by atoms with E-state index in [1.54, 1.807) is 11.9 Å². The van der Waals surface area contributed by atoms with Crippen molar-refractivity contribution in [2.24, 2.45) is 5.92 Å². The number of benzene rings is 1. The molecule has 2 amide bonds. The summed E-state index contributed by atoms with van der Waals surface area (Å²) in [5, 5.41) is 6.48. The Labute approximate surface area is 155 Å². The van der Waals surface area contributed by atoms with Crippen molar-refractivity contribution in [1.82, 2.24) is 15.5 Å². The van der Waals surface area contributed by atoms with Gasteiger partial charge in [0.1, 0.15) is 0 Å². The first-order valence-electron chi connectivity index (χ1n) is 8.84. The Morgan fingerprint density at radius 2 is 1.72 bits per heavy atom. The van der Waals surface area contributed by atoms with Crippen LogP contribution in [0.4, 0.5) is 0 Å². The van der Waals surface area contributed by atoms with E-state index in [4.69, 9.17) is 12.2 Å². The van der Waals surface area contributed by atoms with Crippen LogP contribution >= 0.6 is 12.2 Å². The van der Waals surface area contributed by atoms with E-state index in [0.717, 1.165) is 25.7 Å². The molecule has 1 aliphatic rings. The van der Waals surface area contributed by atoms with E-state index in [1.165, 1.54) is 0 Å². The molecule has 1 fully saturated rings. The first kappa shape index (κ1) is 19.4. The summed E-state index contributed by atoms with van der Waals surface area (Å²) >= 11 is 5.39. The number of nitrogens with zero attached hydrogens (tertiary/aromatic N) is 1. The van der Waals surface area contributed by atoms with Crippen LogP contribution in [-0.2, 0) is 4.79 Å². The van der Waals surface area contributed by atoms with Gasteiger partial charge in [-0.05, 0) is 50.0 Å². The molecule has 0 unspecified atom stereocenters. The van der Waals surface area contributed by atoms with E-state index in [9.17, 15) is 9.59 Å². The minimum Gasteiger partial charge on any atom is -0.365 e. The summed E-state index contributed by atoms with van der Waals surface area (Å²) in [6.07, 6.45) is 3.36. The van der Waals surface area contributed by atoms with Crippen LogP contribution in [-0.4, -0.2) is 41.0 Å². The van der Waals surface area contributed by atoms with E-state index >= 15 is 0 Å². The predicted molar refractivity (Wildman–Crippen MR) is 103 cm³/mol. The molecule has 1 aromatic carbocycles. The zero-order valence-electron chi connectivity index (χ0n) is 15.1. The van der Waals surface area contributed by atoms with E-state index in [0.29, 0.717) is 10.7 Å². The number of thiocarbonyl (C=S) groups is 1. The Balaban J connectivity index is 2.04. The Morgan fingerprint density at radius 1 is 1.12 bits per heavy atom. The molecular weight excluding hydrogens is 334 g/mol. The summed E-state index contributed by atoms with van der Waals surface area (Å²) in [5.41, 5.74) is 0.635. The van der Waals surface area contributed by atoms with Crippen LogP contribution in [0.25, 0.3) is 0 Å². The highest BCUT2D eigenvalue weighted by molar-refractivity contribution is 7.80. The molecule has 0 bridgehead atoms. The SMILES string of the molecule is CNC(=S)N(C(=O)c1ccccc1)C1CCC(NC(=O)C(C)C)CC1. The largest absolute Gasteiger partial charge is 0.365 e. The van der Waals surface area contributed by atoms with Gasteiger partial charge in [0.05, 0.1) is 0 Å². The summed E-state index contributed by atoms with van der Waals surface area (Å²) in [7, 11) is 1.74. The van der Waals surface area contributed by atoms with Gasteiger partial charge in [0, 0.05) is 30.6 Å². The van der Waals surface area contributed by atoms with Gasteiger partial charge in [-0.15, -0.1) is 0 Å². The molecule has 1 aromatic rings. The molecule has 136 valence electrons. The van der Waals surface area contributed by atoms with Gasteiger partial charge < -0.3 is 10.6 Å². The van der Waals surface area contributed by atoms with Crippen molar-refractivity contribution < 1.29 is 9.59 Å². The monoisotopic (exact) mass is 361 g/mol. The minimum absolute atomic E-state index is 0.00857. The normalized spacial score (nSPS) is 20.0. The molecule has 0 atom stereocenters. The molecule has 2 N–H and O–H groups in total. The summed E-state index contributed by atoms with van der Waals surface area (Å²) in [5.74, 6) is 0.00628. The van der Waals surface area contributed by atoms with Gasteiger partial charge in [-0.2, -0.15) is 0 Å². The van der Waals surface area contributed by atoms with Gasteiger partial charge in [-0.3, -0.25) is 14.5 Å². The molecule has 0 heterocycles. The highest BCUT2D eigenvalue weighted by Crippen LogP contribution is 2.25. The number of hydrogen-bond acceptors (Lipinski definition) is 3. The molecule has 5 nitrogen and oxygen atoms in total. The van der Waals surface area contributed by atoms with E-state index in [-0.39, 0.29) is 29.8 Å². The van der Waals surface area contributed by atoms with Crippen molar-refractivity contribution in [2.75, 3.05) is 7.05 Å². The quantitative estimate of drug-likeness (QED) is 0.810. The molecule has 1 aliphatic carbocycles. The number of carbonyl (C=O) groups excluding carboxylic acids is 2. The Bertz CT molecular complexity index is 610. The second kappa shape index (κ2) is 8.94. The molecule has 6 heteroatoms. The van der Waals surface area contributed by atoms with Crippen LogP contribution in [0.5, 0.6) is 0 Å². The third-order valence-electron chi connectivity index (χ3n) is 4.60. The maximum Gasteiger partial charge on any atom is 0.260 e. The summed E-state index contributed by atoms with van der Waals surface area (Å²) < 4.78 is 0. The molecule has 0 aromatic heterocycles. The fraction of sp³-hybridized carbons (Fsp3) is 0.526. The van der Waals surface area contributed by atoms with Gasteiger partial charge in [0.15, 0.2) is 5.11 Å². The third kappa shape index (κ3) is 5.01. The number of rotatable bonds is 4. The fourth-order valence-electron chi connectivity index (χ4n) is 3.11. The fourth-order valence-corrected chi connectivity index (χ4v) is 3.34. The number of carbonyl (C=O) groups is 2. The molecule has 2 rings (SSSR count). The minimum atomic E-state index is -0.0744. The second-order valence-electron chi connectivity index (χ2n) is 6.77. The van der Waals surface area contributed by atoms with Gasteiger partial charge in [-0.1, -0.05) is 32.0 Å². The number of hydrogen-bond donors (Lipinski definition) is 2. The molecular formula is C19H27N3O2S. The van der Waals surface area contributed by atoms with Gasteiger partial charge in [-0.25, -0.2) is 0 Å². The van der Waals surface area contributed by atoms with Crippen molar-refractivity contribution in [2.45, 2.75) is 51.6 Å². The Kier molecular flexibility index (Phi) is 6.93. The lowest BCUT2D eigenvalue weighted by molar-refractivity contribution is -0.125. The Hall–Kier alpha value is -1.95. The second-order valence-corrected chi connectivity index (χ2v) is 7.15. The van der Waals surface area contributed by atoms with E-state index in [1.807, 2.05) is 44.2 Å². The highest BCUT2D eigenvalue weighted by atomic mass is 32.1. The lowest BCUT2D eigenvalue weighted by Crippen LogP contribution is -2.51. The molecule has 0 aliphatic heterocycles. The Morgan fingerprint density at radius 3 is 2.24 bits per heavy atom. The summed E-state index contributed by atoms with van der Waals surface area (Å²) in [6, 6.07) is 9.45. The topological polar surface area (TPSA) is 61.4 Å². The molecule has 1 saturated carbocycles. The molecule has 0 radical (unpaired) electrons. The van der Waals surface area contributed by atoms with Crippen LogP contribution in [0.2, 0.25) is 0 Å². The smallest absolute Gasteiger partial charge is 0.260 e. The van der Waals surface area contributed by atoms with Crippen molar-refractivity contribution in [1.29, 1.82) is 0 Å². The van der Waals surface area contributed by atoms with Crippen LogP contribution in [0.1, 0.15) is 49.9 Å². The third-order valence-corrected chi connectivity index (χ3v) is 5.01. The maximum absolute atomic E-state index is 12.9. The first-order chi connectivity index (χ1) is 11.9. The zero-order chi connectivity index (χ0) is 18.4. The summed E-state index contributed by atoms with van der Waals surface area (Å²) in [4.78, 5) is 26.5. The first-order valence-corrected chi connectivity index (χ1v) is 9.25. The zero-order valence-corrected chi connectivity index (χ0v) is 15.9. The lowest BCUT2D eigenvalue weighted by Gasteiger charge is -2.37. The van der Waals surface area contributed by atoms with Crippen molar-refractivity contribution in [3.63, 3.8) is 0 Å². The highest BCUT2D eigenvalue weighted by Gasteiger charge is 2.32. The molecule has 0 saturated heterocycles. The average Bonchev–Trinajstić information content (AvgIpc) is 2.63.